The van der Waals surface area contributed by atoms with E-state index in [-0.39, 0.29) is 12.7 Å². The number of hydrogen-bond acceptors (Lipinski definition) is 4. The highest BCUT2D eigenvalue weighted by molar-refractivity contribution is 5.77. The largest absolute Gasteiger partial charge is 0.454 e. The van der Waals surface area contributed by atoms with Crippen molar-refractivity contribution in [3.63, 3.8) is 0 Å². The van der Waals surface area contributed by atoms with Crippen LogP contribution < -0.4 is 14.8 Å². The molecule has 1 N–H and O–H groups in total. The van der Waals surface area contributed by atoms with Gasteiger partial charge in [-0.3, -0.25) is 4.79 Å². The van der Waals surface area contributed by atoms with Crippen LogP contribution in [0.25, 0.3) is 0 Å². The summed E-state index contributed by atoms with van der Waals surface area (Å²) in [5.41, 5.74) is 1.01. The summed E-state index contributed by atoms with van der Waals surface area (Å²) in [7, 11) is 3.47. The van der Waals surface area contributed by atoms with E-state index in [1.807, 2.05) is 18.2 Å². The maximum Gasteiger partial charge on any atom is 0.236 e. The lowest BCUT2D eigenvalue weighted by Gasteiger charge is -2.11. The SMILES string of the molecule is CN(C)C(=O)CNCc1cccc2c1OCO2. The normalized spacial score (nSPS) is 12.6. The average Bonchev–Trinajstić information content (AvgIpc) is 2.77. The highest BCUT2D eigenvalue weighted by atomic mass is 16.7. The molecule has 1 aromatic rings. The van der Waals surface area contributed by atoms with Crippen LogP contribution in [-0.2, 0) is 11.3 Å². The minimum Gasteiger partial charge on any atom is -0.454 e. The molecule has 0 spiro atoms. The second-order valence-corrected chi connectivity index (χ2v) is 4.04. The number of amides is 1. The van der Waals surface area contributed by atoms with Crippen LogP contribution in [0.5, 0.6) is 11.5 Å². The van der Waals surface area contributed by atoms with Crippen molar-refractivity contribution in [2.75, 3.05) is 27.4 Å². The third-order valence-electron chi connectivity index (χ3n) is 2.57. The molecule has 5 nitrogen and oxygen atoms in total. The number of carbonyl (C=O) groups excluding carboxylic acids is 1. The van der Waals surface area contributed by atoms with Crippen molar-refractivity contribution >= 4 is 5.91 Å². The van der Waals surface area contributed by atoms with E-state index in [0.717, 1.165) is 17.1 Å². The van der Waals surface area contributed by atoms with E-state index in [1.54, 1.807) is 19.0 Å². The number of benzene rings is 1. The first kappa shape index (κ1) is 11.7. The summed E-state index contributed by atoms with van der Waals surface area (Å²) in [6, 6.07) is 5.75. The highest BCUT2D eigenvalue weighted by Crippen LogP contribution is 2.35. The van der Waals surface area contributed by atoms with Gasteiger partial charge in [-0.2, -0.15) is 0 Å². The molecule has 1 amide bonds. The van der Waals surface area contributed by atoms with Crippen LogP contribution >= 0.6 is 0 Å². The standard InChI is InChI=1S/C12H16N2O3/c1-14(2)11(15)7-13-6-9-4-3-5-10-12(9)17-8-16-10/h3-5,13H,6-8H2,1-2H3. The van der Waals surface area contributed by atoms with E-state index in [0.29, 0.717) is 13.1 Å². The van der Waals surface area contributed by atoms with E-state index >= 15 is 0 Å². The first-order valence-electron chi connectivity index (χ1n) is 5.47. The van der Waals surface area contributed by atoms with Crippen LogP contribution in [0.1, 0.15) is 5.56 Å². The molecule has 0 saturated carbocycles. The zero-order valence-electron chi connectivity index (χ0n) is 10.0. The first-order chi connectivity index (χ1) is 8.18. The zero-order chi connectivity index (χ0) is 12.3. The fourth-order valence-electron chi connectivity index (χ4n) is 1.59. The van der Waals surface area contributed by atoms with E-state index < -0.39 is 0 Å². The predicted octanol–water partition coefficient (Wildman–Crippen LogP) is 0.593. The molecule has 2 rings (SSSR count). The van der Waals surface area contributed by atoms with Gasteiger partial charge in [-0.1, -0.05) is 12.1 Å². The molecule has 0 radical (unpaired) electrons. The Morgan fingerprint density at radius 1 is 1.41 bits per heavy atom. The Bertz CT molecular complexity index is 418. The molecular weight excluding hydrogens is 220 g/mol. The Morgan fingerprint density at radius 3 is 3.00 bits per heavy atom. The molecule has 1 aliphatic heterocycles. The molecule has 1 heterocycles. The molecule has 17 heavy (non-hydrogen) atoms. The Morgan fingerprint density at radius 2 is 2.24 bits per heavy atom. The third kappa shape index (κ3) is 2.68. The number of nitrogens with zero attached hydrogens (tertiary/aromatic N) is 1. The van der Waals surface area contributed by atoms with Gasteiger partial charge in [0.15, 0.2) is 11.5 Å². The fourth-order valence-corrected chi connectivity index (χ4v) is 1.59. The number of carbonyl (C=O) groups is 1. The molecule has 92 valence electrons. The highest BCUT2D eigenvalue weighted by Gasteiger charge is 2.16. The molecule has 0 aliphatic carbocycles. The monoisotopic (exact) mass is 236 g/mol. The number of ether oxygens (including phenoxy) is 2. The minimum atomic E-state index is 0.0507. The lowest BCUT2D eigenvalue weighted by Crippen LogP contribution is -2.32. The summed E-state index contributed by atoms with van der Waals surface area (Å²) in [4.78, 5) is 12.9. The van der Waals surface area contributed by atoms with Crippen molar-refractivity contribution < 1.29 is 14.3 Å². The van der Waals surface area contributed by atoms with Gasteiger partial charge in [-0.25, -0.2) is 0 Å². The van der Waals surface area contributed by atoms with Crippen LogP contribution in [0.15, 0.2) is 18.2 Å². The molecule has 1 aliphatic rings. The van der Waals surface area contributed by atoms with Gasteiger partial charge >= 0.3 is 0 Å². The van der Waals surface area contributed by atoms with Crippen molar-refractivity contribution in [2.45, 2.75) is 6.54 Å². The minimum absolute atomic E-state index is 0.0507. The second-order valence-electron chi connectivity index (χ2n) is 4.04. The molecule has 1 aromatic carbocycles. The van der Waals surface area contributed by atoms with Gasteiger partial charge in [-0.05, 0) is 6.07 Å². The van der Waals surface area contributed by atoms with Gasteiger partial charge in [0.2, 0.25) is 12.7 Å². The van der Waals surface area contributed by atoms with Gasteiger partial charge in [-0.15, -0.1) is 0 Å². The number of fused-ring (bicyclic) bond motifs is 1. The summed E-state index contributed by atoms with van der Waals surface area (Å²) >= 11 is 0. The number of hydrogen-bond donors (Lipinski definition) is 1. The van der Waals surface area contributed by atoms with Crippen LogP contribution in [0.2, 0.25) is 0 Å². The second kappa shape index (κ2) is 5.05. The maximum absolute atomic E-state index is 11.4. The zero-order valence-corrected chi connectivity index (χ0v) is 10.0. The summed E-state index contributed by atoms with van der Waals surface area (Å²) in [6.45, 7) is 1.17. The Balaban J connectivity index is 1.92. The number of nitrogens with one attached hydrogen (secondary N) is 1. The van der Waals surface area contributed by atoms with Gasteiger partial charge in [0.25, 0.3) is 0 Å². The van der Waals surface area contributed by atoms with Crippen LogP contribution in [0.4, 0.5) is 0 Å². The van der Waals surface area contributed by atoms with E-state index in [4.69, 9.17) is 9.47 Å². The summed E-state index contributed by atoms with van der Waals surface area (Å²) in [5, 5.41) is 3.09. The quantitative estimate of drug-likeness (QED) is 0.831. The van der Waals surface area contributed by atoms with E-state index in [9.17, 15) is 4.79 Å². The first-order valence-corrected chi connectivity index (χ1v) is 5.47. The molecule has 0 aromatic heterocycles. The molecular formula is C12H16N2O3. The Kier molecular flexibility index (Phi) is 3.49. The molecule has 5 heteroatoms. The van der Waals surface area contributed by atoms with Crippen molar-refractivity contribution in [2.24, 2.45) is 0 Å². The Labute approximate surface area is 100 Å². The third-order valence-corrected chi connectivity index (χ3v) is 2.57. The lowest BCUT2D eigenvalue weighted by molar-refractivity contribution is -0.127. The molecule has 0 saturated heterocycles. The van der Waals surface area contributed by atoms with Crippen LogP contribution in [0, 0.1) is 0 Å². The molecule has 0 fully saturated rings. The average molecular weight is 236 g/mol. The molecule has 0 bridgehead atoms. The summed E-state index contributed by atoms with van der Waals surface area (Å²) < 4.78 is 10.7. The number of likely N-dealkylation sites (N-methyl/N-ethyl adjacent to an activating group) is 1. The molecule has 0 atom stereocenters. The van der Waals surface area contributed by atoms with E-state index in [1.165, 1.54) is 0 Å². The van der Waals surface area contributed by atoms with Crippen molar-refractivity contribution in [3.8, 4) is 11.5 Å². The summed E-state index contributed by atoms with van der Waals surface area (Å²) in [5.74, 6) is 1.59. The Hall–Kier alpha value is -1.75. The summed E-state index contributed by atoms with van der Waals surface area (Å²) in [6.07, 6.45) is 0. The fraction of sp³-hybridized carbons (Fsp3) is 0.417. The van der Waals surface area contributed by atoms with E-state index in [2.05, 4.69) is 5.32 Å². The van der Waals surface area contributed by atoms with Crippen molar-refractivity contribution in [1.29, 1.82) is 0 Å². The van der Waals surface area contributed by atoms with Gasteiger partial charge in [0.05, 0.1) is 6.54 Å². The van der Waals surface area contributed by atoms with Crippen LogP contribution in [0.3, 0.4) is 0 Å². The lowest BCUT2D eigenvalue weighted by atomic mass is 10.2. The van der Waals surface area contributed by atoms with Gasteiger partial charge < -0.3 is 19.7 Å². The number of rotatable bonds is 4. The molecule has 0 unspecified atom stereocenters. The smallest absolute Gasteiger partial charge is 0.236 e. The van der Waals surface area contributed by atoms with Crippen molar-refractivity contribution in [3.05, 3.63) is 23.8 Å². The van der Waals surface area contributed by atoms with Gasteiger partial charge in [0, 0.05) is 26.2 Å². The van der Waals surface area contributed by atoms with Crippen molar-refractivity contribution in [1.82, 2.24) is 10.2 Å². The topological polar surface area (TPSA) is 50.8 Å². The maximum atomic E-state index is 11.4. The predicted molar refractivity (Wildman–Crippen MR) is 63.0 cm³/mol. The van der Waals surface area contributed by atoms with Gasteiger partial charge in [0.1, 0.15) is 0 Å². The number of para-hydroxylation sites is 1. The van der Waals surface area contributed by atoms with Crippen LogP contribution in [-0.4, -0.2) is 38.2 Å².